The predicted molar refractivity (Wildman–Crippen MR) is 95.1 cm³/mol. The minimum atomic E-state index is -0.516. The summed E-state index contributed by atoms with van der Waals surface area (Å²) in [5, 5.41) is 7.15. The molecular formula is C19H13N3O4. The van der Waals surface area contributed by atoms with Crippen molar-refractivity contribution in [2.75, 3.05) is 10.6 Å². The Balaban J connectivity index is 1.50. The van der Waals surface area contributed by atoms with Crippen LogP contribution >= 0.6 is 0 Å². The number of furan rings is 1. The van der Waals surface area contributed by atoms with Gasteiger partial charge < -0.3 is 14.2 Å². The van der Waals surface area contributed by atoms with E-state index in [1.54, 1.807) is 12.1 Å². The van der Waals surface area contributed by atoms with Crippen LogP contribution in [0.1, 0.15) is 21.0 Å². The first-order valence-corrected chi connectivity index (χ1v) is 7.80. The monoisotopic (exact) mass is 347 g/mol. The zero-order valence-corrected chi connectivity index (χ0v) is 13.4. The number of rotatable bonds is 4. The van der Waals surface area contributed by atoms with Crippen LogP contribution < -0.4 is 10.6 Å². The zero-order chi connectivity index (χ0) is 17.9. The van der Waals surface area contributed by atoms with E-state index in [-0.39, 0.29) is 17.5 Å². The third kappa shape index (κ3) is 3.05. The van der Waals surface area contributed by atoms with E-state index >= 15 is 0 Å². The van der Waals surface area contributed by atoms with Gasteiger partial charge in [-0.25, -0.2) is 0 Å². The first-order chi connectivity index (χ1) is 12.7. The van der Waals surface area contributed by atoms with E-state index in [0.29, 0.717) is 5.69 Å². The molecule has 0 spiro atoms. The maximum absolute atomic E-state index is 12.4. The fourth-order valence-electron chi connectivity index (χ4n) is 2.52. The second-order valence-electron chi connectivity index (χ2n) is 5.45. The molecule has 0 atom stereocenters. The Morgan fingerprint density at radius 2 is 1.69 bits per heavy atom. The zero-order valence-electron chi connectivity index (χ0n) is 13.4. The Morgan fingerprint density at radius 1 is 0.846 bits per heavy atom. The number of benzene rings is 2. The van der Waals surface area contributed by atoms with Crippen LogP contribution in [0.4, 0.5) is 11.7 Å². The molecule has 0 unspecified atom stereocenters. The van der Waals surface area contributed by atoms with E-state index in [0.717, 1.165) is 10.8 Å². The van der Waals surface area contributed by atoms with Crippen molar-refractivity contribution in [3.8, 4) is 0 Å². The Kier molecular flexibility index (Phi) is 3.95. The molecule has 4 rings (SSSR count). The van der Waals surface area contributed by atoms with Crippen LogP contribution in [0.3, 0.4) is 0 Å². The number of hydrogen-bond donors (Lipinski definition) is 2. The molecule has 0 saturated carbocycles. The largest absolute Gasteiger partial charge is 0.459 e. The minimum absolute atomic E-state index is 0.0488. The van der Waals surface area contributed by atoms with Crippen molar-refractivity contribution in [3.05, 3.63) is 78.6 Å². The summed E-state index contributed by atoms with van der Waals surface area (Å²) in [6.07, 6.45) is 2.56. The molecule has 7 nitrogen and oxygen atoms in total. The van der Waals surface area contributed by atoms with Gasteiger partial charge >= 0.3 is 6.01 Å². The molecule has 0 fully saturated rings. The summed E-state index contributed by atoms with van der Waals surface area (Å²) in [5.41, 5.74) is 0.713. The SMILES string of the molecule is O=C(Nc1cccc2ccccc12)c1coc(NC(=O)c2ccco2)n1. The first-order valence-electron chi connectivity index (χ1n) is 7.80. The average Bonchev–Trinajstić information content (AvgIpc) is 3.34. The fourth-order valence-corrected chi connectivity index (χ4v) is 2.52. The number of carbonyl (C=O) groups is 2. The number of anilines is 2. The summed E-state index contributed by atoms with van der Waals surface area (Å²) in [6.45, 7) is 0. The van der Waals surface area contributed by atoms with E-state index in [4.69, 9.17) is 8.83 Å². The first kappa shape index (κ1) is 15.6. The standard InChI is InChI=1S/C19H13N3O4/c23-17(20-14-8-3-6-12-5-1-2-7-13(12)14)15-11-26-19(21-15)22-18(24)16-9-4-10-25-16/h1-11H,(H,20,23)(H,21,22,24). The van der Waals surface area contributed by atoms with Crippen molar-refractivity contribution in [3.63, 3.8) is 0 Å². The van der Waals surface area contributed by atoms with Gasteiger partial charge in [0.25, 0.3) is 11.8 Å². The topological polar surface area (TPSA) is 97.4 Å². The number of oxazole rings is 1. The number of hydrogen-bond acceptors (Lipinski definition) is 5. The molecule has 4 aromatic rings. The van der Waals surface area contributed by atoms with E-state index in [2.05, 4.69) is 15.6 Å². The van der Waals surface area contributed by atoms with Crippen molar-refractivity contribution >= 4 is 34.3 Å². The lowest BCUT2D eigenvalue weighted by Gasteiger charge is -2.07. The quantitative estimate of drug-likeness (QED) is 0.583. The van der Waals surface area contributed by atoms with Gasteiger partial charge in [-0.15, -0.1) is 0 Å². The smallest absolute Gasteiger partial charge is 0.302 e. The molecule has 2 aromatic heterocycles. The van der Waals surface area contributed by atoms with Crippen LogP contribution in [0.15, 0.2) is 76.0 Å². The van der Waals surface area contributed by atoms with Gasteiger partial charge in [-0.2, -0.15) is 4.98 Å². The number of fused-ring (bicyclic) bond motifs is 1. The predicted octanol–water partition coefficient (Wildman–Crippen LogP) is 3.93. The van der Waals surface area contributed by atoms with Gasteiger partial charge in [0.2, 0.25) is 0 Å². The van der Waals surface area contributed by atoms with Crippen LogP contribution in [0.25, 0.3) is 10.8 Å². The molecule has 26 heavy (non-hydrogen) atoms. The van der Waals surface area contributed by atoms with Gasteiger partial charge in [-0.05, 0) is 23.6 Å². The molecule has 7 heteroatoms. The molecule has 0 aliphatic heterocycles. The van der Waals surface area contributed by atoms with E-state index in [1.165, 1.54) is 18.6 Å². The third-order valence-electron chi connectivity index (χ3n) is 3.74. The average molecular weight is 347 g/mol. The molecule has 128 valence electrons. The van der Waals surface area contributed by atoms with Crippen LogP contribution in [0, 0.1) is 0 Å². The number of amides is 2. The number of carbonyl (C=O) groups excluding carboxylic acids is 2. The summed E-state index contributed by atoms with van der Waals surface area (Å²) in [6, 6.07) is 16.3. The Morgan fingerprint density at radius 3 is 2.54 bits per heavy atom. The summed E-state index contributed by atoms with van der Waals surface area (Å²) in [4.78, 5) is 28.3. The minimum Gasteiger partial charge on any atom is -0.459 e. The molecule has 0 saturated heterocycles. The summed E-state index contributed by atoms with van der Waals surface area (Å²) in [7, 11) is 0. The van der Waals surface area contributed by atoms with Gasteiger partial charge in [0, 0.05) is 11.1 Å². The summed E-state index contributed by atoms with van der Waals surface area (Å²) >= 11 is 0. The lowest BCUT2D eigenvalue weighted by Crippen LogP contribution is -2.14. The molecule has 2 heterocycles. The molecule has 0 aliphatic carbocycles. The normalized spacial score (nSPS) is 10.6. The fraction of sp³-hybridized carbons (Fsp3) is 0. The lowest BCUT2D eigenvalue weighted by molar-refractivity contribution is 0.0990. The van der Waals surface area contributed by atoms with Crippen molar-refractivity contribution in [2.24, 2.45) is 0 Å². The van der Waals surface area contributed by atoms with Gasteiger partial charge in [0.15, 0.2) is 11.5 Å². The van der Waals surface area contributed by atoms with Crippen LogP contribution in [0.2, 0.25) is 0 Å². The van der Waals surface area contributed by atoms with Crippen molar-refractivity contribution < 1.29 is 18.4 Å². The molecule has 0 radical (unpaired) electrons. The van der Waals surface area contributed by atoms with Crippen LogP contribution in [-0.4, -0.2) is 16.8 Å². The Bertz CT molecular complexity index is 1080. The van der Waals surface area contributed by atoms with Crippen molar-refractivity contribution in [1.29, 1.82) is 0 Å². The van der Waals surface area contributed by atoms with Crippen LogP contribution in [-0.2, 0) is 0 Å². The van der Waals surface area contributed by atoms with Gasteiger partial charge in [0.1, 0.15) is 6.26 Å². The molecule has 2 aromatic carbocycles. The van der Waals surface area contributed by atoms with Gasteiger partial charge in [-0.1, -0.05) is 36.4 Å². The molecule has 2 amide bonds. The summed E-state index contributed by atoms with van der Waals surface area (Å²) < 4.78 is 10.1. The second-order valence-corrected chi connectivity index (χ2v) is 5.45. The number of nitrogens with one attached hydrogen (secondary N) is 2. The number of aromatic nitrogens is 1. The molecular weight excluding hydrogens is 334 g/mol. The maximum atomic E-state index is 12.4. The van der Waals surface area contributed by atoms with E-state index < -0.39 is 11.8 Å². The van der Waals surface area contributed by atoms with Crippen molar-refractivity contribution in [1.82, 2.24) is 4.98 Å². The lowest BCUT2D eigenvalue weighted by atomic mass is 10.1. The van der Waals surface area contributed by atoms with Crippen molar-refractivity contribution in [2.45, 2.75) is 0 Å². The van der Waals surface area contributed by atoms with E-state index in [1.807, 2.05) is 36.4 Å². The van der Waals surface area contributed by atoms with Gasteiger partial charge in [0.05, 0.1) is 6.26 Å². The highest BCUT2D eigenvalue weighted by atomic mass is 16.4. The molecule has 0 aliphatic rings. The number of nitrogens with zero attached hydrogens (tertiary/aromatic N) is 1. The highest BCUT2D eigenvalue weighted by Crippen LogP contribution is 2.23. The summed E-state index contributed by atoms with van der Waals surface area (Å²) in [5.74, 6) is -0.841. The van der Waals surface area contributed by atoms with Crippen LogP contribution in [0.5, 0.6) is 0 Å². The van der Waals surface area contributed by atoms with Gasteiger partial charge in [-0.3, -0.25) is 14.9 Å². The highest BCUT2D eigenvalue weighted by molar-refractivity contribution is 6.08. The third-order valence-corrected chi connectivity index (χ3v) is 3.74. The molecule has 2 N–H and O–H groups in total. The van der Waals surface area contributed by atoms with E-state index in [9.17, 15) is 9.59 Å². The second kappa shape index (κ2) is 6.56. The Labute approximate surface area is 147 Å². The highest BCUT2D eigenvalue weighted by Gasteiger charge is 2.16. The Hall–Kier alpha value is -3.87. The maximum Gasteiger partial charge on any atom is 0.302 e. The molecule has 0 bridgehead atoms.